The van der Waals surface area contributed by atoms with Gasteiger partial charge in [0.1, 0.15) is 30.5 Å². The summed E-state index contributed by atoms with van der Waals surface area (Å²) in [6.07, 6.45) is -6.27. The normalized spacial score (nSPS) is 19.5. The molecule has 1 aliphatic rings. The van der Waals surface area contributed by atoms with Gasteiger partial charge in [0.25, 0.3) is 5.91 Å². The Morgan fingerprint density at radius 2 is 0.932 bits per heavy atom. The first-order chi connectivity index (χ1) is 35.9. The zero-order valence-electron chi connectivity index (χ0n) is 43.7. The largest absolute Gasteiger partial charge is 0.410 e. The second kappa shape index (κ2) is 28.7. The van der Waals surface area contributed by atoms with Crippen molar-refractivity contribution in [2.75, 3.05) is 20.2 Å². The van der Waals surface area contributed by atoms with Crippen LogP contribution in [0.15, 0.2) is 182 Å². The van der Waals surface area contributed by atoms with Gasteiger partial charge in [-0.2, -0.15) is 0 Å². The summed E-state index contributed by atoms with van der Waals surface area (Å²) in [5, 5.41) is 3.26. The average molecular weight is 1020 g/mol. The van der Waals surface area contributed by atoms with Crippen LogP contribution < -0.4 is 5.32 Å². The molecule has 1 N–H and O–H groups in total. The summed E-state index contributed by atoms with van der Waals surface area (Å²) in [5.74, 6) is -0.657. The van der Waals surface area contributed by atoms with Gasteiger partial charge in [0.05, 0.1) is 64.5 Å². The van der Waals surface area contributed by atoms with E-state index in [0.717, 1.165) is 33.4 Å². The maximum atomic E-state index is 15.5. The van der Waals surface area contributed by atoms with E-state index in [0.29, 0.717) is 19.8 Å². The fourth-order valence-corrected chi connectivity index (χ4v) is 10.1. The molecule has 74 heavy (non-hydrogen) atoms. The fraction of sp³-hybridized carbons (Fsp3) is 0.377. The molecule has 6 aromatic rings. The number of carbonyl (C=O) groups is 2. The lowest BCUT2D eigenvalue weighted by molar-refractivity contribution is -0.260. The van der Waals surface area contributed by atoms with E-state index in [1.54, 1.807) is 11.9 Å². The molecule has 7 rings (SSSR count). The molecule has 9 atom stereocenters. The number of amides is 2. The van der Waals surface area contributed by atoms with Crippen LogP contribution in [-0.2, 0) is 86.8 Å². The van der Waals surface area contributed by atoms with E-state index in [4.69, 9.17) is 37.6 Å². The summed E-state index contributed by atoms with van der Waals surface area (Å²) < 4.78 is 54.8. The smallest absolute Gasteiger partial charge is 0.252 e. The molecule has 0 unspecified atom stereocenters. The zero-order chi connectivity index (χ0) is 52.1. The highest BCUT2D eigenvalue weighted by Crippen LogP contribution is 2.31. The molecule has 1 saturated heterocycles. The number of hydrogen-bond acceptors (Lipinski definition) is 10. The van der Waals surface area contributed by atoms with Crippen LogP contribution >= 0.6 is 0 Å². The number of rotatable bonds is 28. The van der Waals surface area contributed by atoms with E-state index in [9.17, 15) is 4.79 Å². The van der Waals surface area contributed by atoms with Crippen molar-refractivity contribution < 1.29 is 47.2 Å². The molecule has 0 saturated carbocycles. The Hall–Kier alpha value is -5.84. The number of nitrogens with zero attached hydrogens (tertiary/aromatic N) is 1. The van der Waals surface area contributed by atoms with E-state index >= 15 is 4.79 Å². The van der Waals surface area contributed by atoms with Crippen molar-refractivity contribution in [2.45, 2.75) is 128 Å². The van der Waals surface area contributed by atoms with E-state index in [-0.39, 0.29) is 38.9 Å². The Balaban J connectivity index is 1.24. The minimum atomic E-state index is -2.50. The summed E-state index contributed by atoms with van der Waals surface area (Å²) >= 11 is 0. The van der Waals surface area contributed by atoms with Crippen LogP contribution in [0.25, 0.3) is 0 Å². The number of ether oxygens (including phenoxy) is 7. The third-order valence-electron chi connectivity index (χ3n) is 12.9. The lowest BCUT2D eigenvalue weighted by Crippen LogP contribution is -2.63. The second-order valence-corrected chi connectivity index (χ2v) is 24.2. The second-order valence-electron chi connectivity index (χ2n) is 19.8. The van der Waals surface area contributed by atoms with Gasteiger partial charge in [-0.3, -0.25) is 9.59 Å². The highest BCUT2D eigenvalue weighted by atomic mass is 28.4. The predicted molar refractivity (Wildman–Crippen MR) is 289 cm³/mol. The molecule has 13 heteroatoms. The molecule has 0 spiro atoms. The molecule has 6 aromatic carbocycles. The van der Waals surface area contributed by atoms with Crippen LogP contribution in [0, 0.1) is 0 Å². The number of nitrogens with one attached hydrogen (secondary N) is 1. The van der Waals surface area contributed by atoms with Crippen molar-refractivity contribution in [1.82, 2.24) is 10.2 Å². The standard InChI is InChI=1S/C61H74N2O10Si/c1-45-55(67-39-48-27-15-8-16-28-48)58(69-41-50-31-19-10-20-32-50)57(68-40-49-29-17-9-18-30-49)54(72-45)37-62-61(65)60(71-43-52-35-23-12-24-36-52)59(70-42-51-33-21-11-22-34-51)56(73-74(4,5)6)53(63(3)46(2)64)44-66-38-47-25-13-7-14-26-47/h7-36,45,53-60H,37-44H2,1-6H3,(H,62,65)/t45-,53-,54-,55+,56-,57-,58-,59+,60-/m1/s1. The van der Waals surface area contributed by atoms with Crippen LogP contribution in [0.5, 0.6) is 0 Å². The van der Waals surface area contributed by atoms with Gasteiger partial charge in [-0.15, -0.1) is 0 Å². The maximum Gasteiger partial charge on any atom is 0.252 e. The van der Waals surface area contributed by atoms with Crippen molar-refractivity contribution in [2.24, 2.45) is 0 Å². The Bertz CT molecular complexity index is 2530. The van der Waals surface area contributed by atoms with Crippen molar-refractivity contribution in [3.63, 3.8) is 0 Å². The fourth-order valence-electron chi connectivity index (χ4n) is 8.99. The predicted octanol–water partition coefficient (Wildman–Crippen LogP) is 10.1. The Labute approximate surface area is 439 Å². The quantitative estimate of drug-likeness (QED) is 0.0475. The molecule has 2 amide bonds. The van der Waals surface area contributed by atoms with Gasteiger partial charge in [0, 0.05) is 20.5 Å². The molecule has 0 bridgehead atoms. The van der Waals surface area contributed by atoms with E-state index in [2.05, 4.69) is 25.0 Å². The minimum absolute atomic E-state index is 0.0202. The molecule has 0 aliphatic carbocycles. The van der Waals surface area contributed by atoms with Crippen LogP contribution in [0.4, 0.5) is 0 Å². The van der Waals surface area contributed by atoms with Crippen molar-refractivity contribution in [3.8, 4) is 0 Å². The minimum Gasteiger partial charge on any atom is -0.410 e. The Kier molecular flexibility index (Phi) is 21.7. The molecule has 12 nitrogen and oxygen atoms in total. The third-order valence-corrected chi connectivity index (χ3v) is 13.9. The van der Waals surface area contributed by atoms with Gasteiger partial charge in [-0.05, 0) is 59.9 Å². The van der Waals surface area contributed by atoms with Crippen molar-refractivity contribution >= 4 is 20.1 Å². The average Bonchev–Trinajstić information content (AvgIpc) is 3.41. The van der Waals surface area contributed by atoms with Crippen LogP contribution in [0.3, 0.4) is 0 Å². The molecule has 0 radical (unpaired) electrons. The van der Waals surface area contributed by atoms with E-state index in [1.165, 1.54) is 6.92 Å². The van der Waals surface area contributed by atoms with Gasteiger partial charge in [0.15, 0.2) is 14.4 Å². The molecular formula is C61H74N2O10Si. The van der Waals surface area contributed by atoms with Gasteiger partial charge >= 0.3 is 0 Å². The lowest BCUT2D eigenvalue weighted by Gasteiger charge is -2.46. The summed E-state index contributed by atoms with van der Waals surface area (Å²) in [6.45, 7) is 11.2. The van der Waals surface area contributed by atoms with Crippen LogP contribution in [0.2, 0.25) is 19.6 Å². The number of likely N-dealkylation sites (N-methyl/N-ethyl adjacent to an activating group) is 1. The summed E-state index contributed by atoms with van der Waals surface area (Å²) in [4.78, 5) is 30.6. The molecule has 1 heterocycles. The molecular weight excluding hydrogens is 949 g/mol. The Morgan fingerprint density at radius 3 is 1.36 bits per heavy atom. The van der Waals surface area contributed by atoms with Crippen LogP contribution in [0.1, 0.15) is 47.2 Å². The van der Waals surface area contributed by atoms with Crippen LogP contribution in [-0.4, -0.2) is 100 Å². The SMILES string of the molecule is CC(=O)N(C)[C@H](COCc1ccccc1)[C@@H](O[Si](C)(C)C)[C@H](OCc1ccccc1)[C@@H](OCc1ccccc1)C(=O)NC[C@H]1O[C@H](C)[C@H](OCc2ccccc2)[C@@H](OCc2ccccc2)[C@@H]1OCc1ccccc1. The molecule has 392 valence electrons. The highest BCUT2D eigenvalue weighted by Gasteiger charge is 2.48. The van der Waals surface area contributed by atoms with E-state index < -0.39 is 69.1 Å². The first-order valence-electron chi connectivity index (χ1n) is 25.7. The number of carbonyl (C=O) groups excluding carboxylic acids is 2. The number of hydrogen-bond donors (Lipinski definition) is 1. The molecule has 1 fully saturated rings. The van der Waals surface area contributed by atoms with Gasteiger partial charge < -0.3 is 47.8 Å². The van der Waals surface area contributed by atoms with Gasteiger partial charge in [0.2, 0.25) is 5.91 Å². The summed E-state index contributed by atoms with van der Waals surface area (Å²) in [5.41, 5.74) is 5.70. The van der Waals surface area contributed by atoms with Crippen molar-refractivity contribution in [1.29, 1.82) is 0 Å². The topological polar surface area (TPSA) is 123 Å². The third kappa shape index (κ3) is 17.4. The lowest BCUT2D eigenvalue weighted by atomic mass is 9.94. The number of benzene rings is 6. The monoisotopic (exact) mass is 1020 g/mol. The highest BCUT2D eigenvalue weighted by molar-refractivity contribution is 6.69. The van der Waals surface area contributed by atoms with E-state index in [1.807, 2.05) is 189 Å². The molecule has 0 aromatic heterocycles. The summed E-state index contributed by atoms with van der Waals surface area (Å²) in [6, 6.07) is 58.6. The zero-order valence-corrected chi connectivity index (χ0v) is 44.7. The maximum absolute atomic E-state index is 15.5. The Morgan fingerprint density at radius 1 is 0.541 bits per heavy atom. The summed E-state index contributed by atoms with van der Waals surface area (Å²) in [7, 11) is -0.769. The van der Waals surface area contributed by atoms with Crippen molar-refractivity contribution in [3.05, 3.63) is 215 Å². The van der Waals surface area contributed by atoms with Gasteiger partial charge in [-0.25, -0.2) is 0 Å². The first kappa shape index (κ1) is 55.9. The van der Waals surface area contributed by atoms with Gasteiger partial charge in [-0.1, -0.05) is 182 Å². The molecule has 1 aliphatic heterocycles. The first-order valence-corrected chi connectivity index (χ1v) is 29.1.